The molecule has 2 heterocycles. The summed E-state index contributed by atoms with van der Waals surface area (Å²) < 4.78 is 27.9. The normalized spacial score (nSPS) is 16.8. The molecule has 4 rings (SSSR count). The van der Waals surface area contributed by atoms with Crippen molar-refractivity contribution in [3.63, 3.8) is 0 Å². The number of nitrogens with zero attached hydrogens (tertiary/aromatic N) is 2. The van der Waals surface area contributed by atoms with Crippen LogP contribution in [-0.2, 0) is 0 Å². The molecule has 3 aromatic rings. The largest absolute Gasteiger partial charge is 0.333 e. The van der Waals surface area contributed by atoms with Gasteiger partial charge in [-0.15, -0.1) is 11.3 Å². The van der Waals surface area contributed by atoms with E-state index in [0.717, 1.165) is 19.3 Å². The summed E-state index contributed by atoms with van der Waals surface area (Å²) in [6.45, 7) is 0.997. The zero-order chi connectivity index (χ0) is 20.4. The van der Waals surface area contributed by atoms with Gasteiger partial charge in [0.15, 0.2) is 0 Å². The number of aromatic nitrogens is 1. The highest BCUT2D eigenvalue weighted by Gasteiger charge is 2.31. The lowest BCUT2D eigenvalue weighted by molar-refractivity contribution is 0.0619. The highest BCUT2D eigenvalue weighted by atomic mass is 32.1. The predicted octanol–water partition coefficient (Wildman–Crippen LogP) is 4.71. The van der Waals surface area contributed by atoms with E-state index in [-0.39, 0.29) is 23.5 Å². The van der Waals surface area contributed by atoms with Crippen molar-refractivity contribution >= 4 is 17.2 Å². The van der Waals surface area contributed by atoms with Gasteiger partial charge in [0.25, 0.3) is 5.91 Å². The van der Waals surface area contributed by atoms with E-state index in [9.17, 15) is 13.6 Å². The van der Waals surface area contributed by atoms with Crippen LogP contribution in [0, 0.1) is 11.6 Å². The molecule has 29 heavy (non-hydrogen) atoms. The number of nitrogens with two attached hydrogens (primary N) is 1. The number of halogens is 2. The average Bonchev–Trinajstić information content (AvgIpc) is 3.19. The number of rotatable bonds is 4. The van der Waals surface area contributed by atoms with Gasteiger partial charge in [0, 0.05) is 30.3 Å². The molecule has 2 N–H and O–H groups in total. The number of carbonyl (C=O) groups is 1. The minimum atomic E-state index is -0.412. The number of carbonyl (C=O) groups excluding carboxylic acids is 1. The van der Waals surface area contributed by atoms with Crippen molar-refractivity contribution in [2.45, 2.75) is 25.3 Å². The fourth-order valence-electron chi connectivity index (χ4n) is 3.66. The second kappa shape index (κ2) is 8.39. The van der Waals surface area contributed by atoms with E-state index < -0.39 is 5.82 Å². The Labute approximate surface area is 172 Å². The third-order valence-electron chi connectivity index (χ3n) is 5.20. The van der Waals surface area contributed by atoms with Crippen LogP contribution in [0.1, 0.15) is 29.8 Å². The molecule has 1 atom stereocenters. The molecule has 0 spiro atoms. The first-order valence-electron chi connectivity index (χ1n) is 9.61. The lowest BCUT2D eigenvalue weighted by Gasteiger charge is -2.34. The molecule has 1 saturated heterocycles. The van der Waals surface area contributed by atoms with E-state index in [1.807, 2.05) is 0 Å². The molecule has 0 aliphatic carbocycles. The van der Waals surface area contributed by atoms with Crippen LogP contribution in [0.4, 0.5) is 8.78 Å². The van der Waals surface area contributed by atoms with E-state index in [1.165, 1.54) is 29.5 Å². The minimum Gasteiger partial charge on any atom is -0.333 e. The molecule has 0 bridgehead atoms. The Morgan fingerprint density at radius 2 is 1.90 bits per heavy atom. The van der Waals surface area contributed by atoms with Crippen LogP contribution in [0.3, 0.4) is 0 Å². The maximum atomic E-state index is 14.6. The van der Waals surface area contributed by atoms with Crippen molar-refractivity contribution in [2.75, 3.05) is 13.1 Å². The van der Waals surface area contributed by atoms with Gasteiger partial charge in [-0.05, 0) is 49.6 Å². The summed E-state index contributed by atoms with van der Waals surface area (Å²) in [5.41, 5.74) is 7.13. The van der Waals surface area contributed by atoms with Crippen molar-refractivity contribution in [2.24, 2.45) is 5.73 Å². The summed E-state index contributed by atoms with van der Waals surface area (Å²) in [7, 11) is 0. The first-order valence-corrected chi connectivity index (χ1v) is 10.4. The molecule has 1 unspecified atom stereocenters. The highest BCUT2D eigenvalue weighted by Crippen LogP contribution is 2.38. The number of amides is 1. The molecule has 7 heteroatoms. The maximum absolute atomic E-state index is 14.6. The summed E-state index contributed by atoms with van der Waals surface area (Å²) >= 11 is 1.23. The molecule has 1 fully saturated rings. The van der Waals surface area contributed by atoms with E-state index in [0.29, 0.717) is 34.1 Å². The van der Waals surface area contributed by atoms with E-state index in [4.69, 9.17) is 5.73 Å². The van der Waals surface area contributed by atoms with Crippen molar-refractivity contribution in [3.8, 4) is 21.0 Å². The first-order chi connectivity index (χ1) is 14.1. The number of piperidine rings is 1. The summed E-state index contributed by atoms with van der Waals surface area (Å²) in [5.74, 6) is -0.997. The molecule has 1 aliphatic rings. The van der Waals surface area contributed by atoms with Crippen LogP contribution >= 0.6 is 11.3 Å². The SMILES string of the molecule is NCC1CCCCN1C(=O)c1nc(-c2ccc(F)cc2)sc1-c1ccccc1F. The zero-order valence-corrected chi connectivity index (χ0v) is 16.6. The van der Waals surface area contributed by atoms with Crippen LogP contribution in [0.2, 0.25) is 0 Å². The zero-order valence-electron chi connectivity index (χ0n) is 15.8. The van der Waals surface area contributed by atoms with E-state index in [2.05, 4.69) is 4.98 Å². The second-order valence-electron chi connectivity index (χ2n) is 7.07. The second-order valence-corrected chi connectivity index (χ2v) is 8.07. The number of hydrogen-bond acceptors (Lipinski definition) is 4. The number of hydrogen-bond donors (Lipinski definition) is 1. The van der Waals surface area contributed by atoms with E-state index in [1.54, 1.807) is 35.2 Å². The van der Waals surface area contributed by atoms with Gasteiger partial charge in [-0.2, -0.15) is 0 Å². The summed E-state index contributed by atoms with van der Waals surface area (Å²) in [6, 6.07) is 12.2. The lowest BCUT2D eigenvalue weighted by atomic mass is 10.0. The van der Waals surface area contributed by atoms with Crippen LogP contribution in [0.5, 0.6) is 0 Å². The molecule has 1 aliphatic heterocycles. The topological polar surface area (TPSA) is 59.2 Å². The Hall–Kier alpha value is -2.64. The number of benzene rings is 2. The van der Waals surface area contributed by atoms with E-state index >= 15 is 0 Å². The smallest absolute Gasteiger partial charge is 0.274 e. The van der Waals surface area contributed by atoms with Gasteiger partial charge < -0.3 is 10.6 Å². The van der Waals surface area contributed by atoms with Crippen molar-refractivity contribution in [3.05, 3.63) is 65.9 Å². The molecule has 1 amide bonds. The Kier molecular flexibility index (Phi) is 5.69. The Morgan fingerprint density at radius 1 is 1.14 bits per heavy atom. The lowest BCUT2D eigenvalue weighted by Crippen LogP contribution is -2.47. The van der Waals surface area contributed by atoms with Gasteiger partial charge in [-0.25, -0.2) is 13.8 Å². The third kappa shape index (κ3) is 3.93. The fraction of sp³-hybridized carbons (Fsp3) is 0.273. The fourth-order valence-corrected chi connectivity index (χ4v) is 4.75. The van der Waals surface area contributed by atoms with Crippen molar-refractivity contribution in [1.29, 1.82) is 0 Å². The molecule has 2 aromatic carbocycles. The van der Waals surface area contributed by atoms with Crippen LogP contribution in [0.15, 0.2) is 48.5 Å². The van der Waals surface area contributed by atoms with Crippen LogP contribution in [-0.4, -0.2) is 34.9 Å². The molecule has 1 aromatic heterocycles. The predicted molar refractivity (Wildman–Crippen MR) is 111 cm³/mol. The number of thiazole rings is 1. The monoisotopic (exact) mass is 413 g/mol. The quantitative estimate of drug-likeness (QED) is 0.674. The van der Waals surface area contributed by atoms with Crippen molar-refractivity contribution < 1.29 is 13.6 Å². The van der Waals surface area contributed by atoms with Gasteiger partial charge in [-0.3, -0.25) is 4.79 Å². The molecular weight excluding hydrogens is 392 g/mol. The maximum Gasteiger partial charge on any atom is 0.274 e. The van der Waals surface area contributed by atoms with Crippen LogP contribution < -0.4 is 5.73 Å². The van der Waals surface area contributed by atoms with Gasteiger partial charge >= 0.3 is 0 Å². The summed E-state index contributed by atoms with van der Waals surface area (Å²) in [6.07, 6.45) is 2.79. The molecular formula is C22H21F2N3OS. The van der Waals surface area contributed by atoms with Crippen LogP contribution in [0.25, 0.3) is 21.0 Å². The van der Waals surface area contributed by atoms with Crippen molar-refractivity contribution in [1.82, 2.24) is 9.88 Å². The Bertz CT molecular complexity index is 1020. The molecule has 0 radical (unpaired) electrons. The minimum absolute atomic E-state index is 0.0410. The number of likely N-dealkylation sites (tertiary alicyclic amines) is 1. The Morgan fingerprint density at radius 3 is 2.62 bits per heavy atom. The molecule has 4 nitrogen and oxygen atoms in total. The van der Waals surface area contributed by atoms with Gasteiger partial charge in [-0.1, -0.05) is 18.2 Å². The highest BCUT2D eigenvalue weighted by molar-refractivity contribution is 7.18. The Balaban J connectivity index is 1.81. The summed E-state index contributed by atoms with van der Waals surface area (Å²) in [5, 5.41) is 0.549. The summed E-state index contributed by atoms with van der Waals surface area (Å²) in [4.78, 5) is 20.2. The molecule has 150 valence electrons. The molecule has 0 saturated carbocycles. The standard InChI is InChI=1S/C22H21F2N3OS/c23-15-10-8-14(9-11-15)21-26-19(20(29-21)17-6-1-2-7-18(17)24)22(28)27-12-4-3-5-16(27)13-25/h1-2,6-11,16H,3-5,12-13,25H2. The average molecular weight is 413 g/mol. The van der Waals surface area contributed by atoms with Gasteiger partial charge in [0.2, 0.25) is 0 Å². The first kappa shape index (κ1) is 19.7. The van der Waals surface area contributed by atoms with Gasteiger partial charge in [0.05, 0.1) is 4.88 Å². The van der Waals surface area contributed by atoms with Gasteiger partial charge in [0.1, 0.15) is 22.3 Å². The third-order valence-corrected chi connectivity index (χ3v) is 6.34.